The van der Waals surface area contributed by atoms with Crippen LogP contribution < -0.4 is 0 Å². The van der Waals surface area contributed by atoms with E-state index in [1.165, 1.54) is 12.8 Å². The van der Waals surface area contributed by atoms with Crippen LogP contribution in [0.25, 0.3) is 0 Å². The molecular weight excluding hydrogens is 716 g/mol. The van der Waals surface area contributed by atoms with Crippen LogP contribution in [0.5, 0.6) is 0 Å². The van der Waals surface area contributed by atoms with Crippen molar-refractivity contribution in [1.82, 2.24) is 0 Å². The number of hydrogen-bond acceptors (Lipinski definition) is 10. The molecule has 4 N–H and O–H groups in total. The van der Waals surface area contributed by atoms with Crippen molar-refractivity contribution in [3.05, 3.63) is 60.8 Å². The lowest BCUT2D eigenvalue weighted by Crippen LogP contribution is -2.60. The maximum atomic E-state index is 12.7. The second-order valence-electron chi connectivity index (χ2n) is 14.4. The van der Waals surface area contributed by atoms with E-state index in [-0.39, 0.29) is 19.4 Å². The van der Waals surface area contributed by atoms with Crippen molar-refractivity contribution in [2.24, 2.45) is 0 Å². The molecule has 6 atom stereocenters. The lowest BCUT2D eigenvalue weighted by atomic mass is 9.99. The molecule has 0 aromatic heterocycles. The summed E-state index contributed by atoms with van der Waals surface area (Å²) in [4.78, 5) is 36.7. The number of esters is 2. The summed E-state index contributed by atoms with van der Waals surface area (Å²) in [6.07, 6.45) is 32.8. The Balaban J connectivity index is 2.38. The first kappa shape index (κ1) is 50.9. The van der Waals surface area contributed by atoms with Crippen LogP contribution in [0, 0.1) is 0 Å². The number of carbonyl (C=O) groups excluding carboxylic acids is 2. The molecule has 1 fully saturated rings. The lowest BCUT2D eigenvalue weighted by molar-refractivity contribution is -0.298. The van der Waals surface area contributed by atoms with Crippen LogP contribution in [-0.4, -0.2) is 88.4 Å². The van der Waals surface area contributed by atoms with Crippen molar-refractivity contribution in [2.45, 2.75) is 192 Å². The summed E-state index contributed by atoms with van der Waals surface area (Å²) in [7, 11) is 0. The van der Waals surface area contributed by atoms with Gasteiger partial charge in [-0.2, -0.15) is 0 Å². The number of aliphatic carboxylic acids is 1. The van der Waals surface area contributed by atoms with Gasteiger partial charge in [-0.05, 0) is 70.6 Å². The molecule has 11 nitrogen and oxygen atoms in total. The molecule has 0 bridgehead atoms. The van der Waals surface area contributed by atoms with Crippen LogP contribution in [-0.2, 0) is 33.3 Å². The molecular formula is C45H74O11. The summed E-state index contributed by atoms with van der Waals surface area (Å²) in [5.74, 6) is -2.48. The largest absolute Gasteiger partial charge is 0.479 e. The Bertz CT molecular complexity index is 1160. The van der Waals surface area contributed by atoms with Gasteiger partial charge in [0.15, 0.2) is 18.5 Å². The van der Waals surface area contributed by atoms with Crippen LogP contribution in [0.4, 0.5) is 0 Å². The number of aliphatic hydroxyl groups excluding tert-OH is 3. The van der Waals surface area contributed by atoms with E-state index in [2.05, 4.69) is 74.6 Å². The van der Waals surface area contributed by atoms with E-state index in [1.54, 1.807) is 0 Å². The molecule has 56 heavy (non-hydrogen) atoms. The molecule has 1 rings (SSSR count). The number of rotatable bonds is 34. The molecule has 320 valence electrons. The zero-order valence-corrected chi connectivity index (χ0v) is 34.4. The molecule has 1 heterocycles. The first-order valence-corrected chi connectivity index (χ1v) is 21.3. The van der Waals surface area contributed by atoms with Gasteiger partial charge in [-0.25, -0.2) is 4.79 Å². The highest BCUT2D eigenvalue weighted by Crippen LogP contribution is 2.23. The molecule has 0 aromatic carbocycles. The van der Waals surface area contributed by atoms with E-state index in [4.69, 9.17) is 18.9 Å². The summed E-state index contributed by atoms with van der Waals surface area (Å²) >= 11 is 0. The normalized spacial score (nSPS) is 20.9. The zero-order chi connectivity index (χ0) is 41.1. The Morgan fingerprint density at radius 3 is 1.61 bits per heavy atom. The number of unbranched alkanes of at least 4 members (excludes halogenated alkanes) is 13. The SMILES string of the molecule is CC/C=C\C/C=C\C/C=C\C/C=C\CCCCCCCCC(=O)OCC(COC1OC(C(=O)O)C(O)C(O)C1O)OC(=O)CCCCCCC/C=C\CCCC. The maximum absolute atomic E-state index is 12.7. The smallest absolute Gasteiger partial charge is 0.335 e. The van der Waals surface area contributed by atoms with Gasteiger partial charge in [-0.3, -0.25) is 9.59 Å². The first-order valence-electron chi connectivity index (χ1n) is 21.3. The van der Waals surface area contributed by atoms with Gasteiger partial charge in [0.2, 0.25) is 0 Å². The zero-order valence-electron chi connectivity index (χ0n) is 34.4. The molecule has 0 spiro atoms. The quantitative estimate of drug-likeness (QED) is 0.0279. The van der Waals surface area contributed by atoms with Crippen LogP contribution >= 0.6 is 0 Å². The second kappa shape index (κ2) is 35.1. The number of carboxylic acid groups (broad SMARTS) is 1. The first-order chi connectivity index (χ1) is 27.2. The van der Waals surface area contributed by atoms with E-state index in [9.17, 15) is 34.8 Å². The highest BCUT2D eigenvalue weighted by Gasteiger charge is 2.47. The average Bonchev–Trinajstić information content (AvgIpc) is 3.18. The number of ether oxygens (including phenoxy) is 4. The van der Waals surface area contributed by atoms with Crippen molar-refractivity contribution in [1.29, 1.82) is 0 Å². The fraction of sp³-hybridized carbons (Fsp3) is 0.711. The summed E-state index contributed by atoms with van der Waals surface area (Å²) in [6.45, 7) is 3.62. The van der Waals surface area contributed by atoms with E-state index >= 15 is 0 Å². The van der Waals surface area contributed by atoms with Crippen molar-refractivity contribution < 1.29 is 53.8 Å². The number of carbonyl (C=O) groups is 3. The molecule has 0 aromatic rings. The molecule has 1 aliphatic rings. The minimum absolute atomic E-state index is 0.166. The molecule has 0 saturated carbocycles. The number of allylic oxidation sites excluding steroid dienone is 10. The van der Waals surface area contributed by atoms with E-state index in [0.29, 0.717) is 12.8 Å². The fourth-order valence-corrected chi connectivity index (χ4v) is 5.97. The van der Waals surface area contributed by atoms with Crippen LogP contribution in [0.3, 0.4) is 0 Å². The van der Waals surface area contributed by atoms with Gasteiger partial charge in [-0.15, -0.1) is 0 Å². The summed E-state index contributed by atoms with van der Waals surface area (Å²) in [5.41, 5.74) is 0. The summed E-state index contributed by atoms with van der Waals surface area (Å²) in [5, 5.41) is 39.7. The minimum Gasteiger partial charge on any atom is -0.479 e. The van der Waals surface area contributed by atoms with Gasteiger partial charge < -0.3 is 39.4 Å². The summed E-state index contributed by atoms with van der Waals surface area (Å²) in [6, 6.07) is 0. The molecule has 1 aliphatic heterocycles. The van der Waals surface area contributed by atoms with Crippen molar-refractivity contribution in [3.8, 4) is 0 Å². The molecule has 0 amide bonds. The van der Waals surface area contributed by atoms with Crippen LogP contribution in [0.2, 0.25) is 0 Å². The Morgan fingerprint density at radius 2 is 1.05 bits per heavy atom. The number of hydrogen-bond donors (Lipinski definition) is 4. The monoisotopic (exact) mass is 791 g/mol. The maximum Gasteiger partial charge on any atom is 0.335 e. The van der Waals surface area contributed by atoms with Crippen molar-refractivity contribution in [3.63, 3.8) is 0 Å². The number of carboxylic acids is 1. The third kappa shape index (κ3) is 26.7. The molecule has 0 radical (unpaired) electrons. The second-order valence-corrected chi connectivity index (χ2v) is 14.4. The highest BCUT2D eigenvalue weighted by atomic mass is 16.7. The average molecular weight is 791 g/mol. The third-order valence-corrected chi connectivity index (χ3v) is 9.35. The van der Waals surface area contributed by atoms with Gasteiger partial charge in [0.25, 0.3) is 0 Å². The molecule has 1 saturated heterocycles. The predicted octanol–water partition coefficient (Wildman–Crippen LogP) is 8.75. The van der Waals surface area contributed by atoms with E-state index in [0.717, 1.165) is 103 Å². The van der Waals surface area contributed by atoms with Crippen LogP contribution in [0.1, 0.15) is 155 Å². The van der Waals surface area contributed by atoms with Gasteiger partial charge in [0.05, 0.1) is 6.61 Å². The Kier molecular flexibility index (Phi) is 31.9. The van der Waals surface area contributed by atoms with Gasteiger partial charge >= 0.3 is 17.9 Å². The highest BCUT2D eigenvalue weighted by molar-refractivity contribution is 5.73. The Labute approximate surface area is 336 Å². The van der Waals surface area contributed by atoms with E-state index in [1.807, 2.05) is 0 Å². The molecule has 0 aliphatic carbocycles. The van der Waals surface area contributed by atoms with Gasteiger partial charge in [-0.1, -0.05) is 132 Å². The Hall–Kier alpha value is -3.09. The third-order valence-electron chi connectivity index (χ3n) is 9.35. The lowest BCUT2D eigenvalue weighted by Gasteiger charge is -2.38. The number of aliphatic hydroxyl groups is 3. The van der Waals surface area contributed by atoms with Gasteiger partial charge in [0, 0.05) is 12.8 Å². The van der Waals surface area contributed by atoms with Gasteiger partial charge in [0.1, 0.15) is 24.9 Å². The Morgan fingerprint density at radius 1 is 0.571 bits per heavy atom. The molecule has 6 unspecified atom stereocenters. The molecule has 11 heteroatoms. The van der Waals surface area contributed by atoms with Crippen molar-refractivity contribution >= 4 is 17.9 Å². The standard InChI is InChI=1S/C45H74O11/c1-3-5-7-9-11-13-15-16-17-18-19-20-21-22-24-25-27-29-31-33-38(46)53-35-37(36-54-45-42(50)40(48)41(49)43(56-45)44(51)52)55-39(47)34-32-30-28-26-23-14-12-10-8-6-4-2/h5,7,10-13,16-17,19-20,37,40-43,45,48-50H,3-4,6,8-9,14-15,18,21-36H2,1-2H3,(H,51,52)/b7-5-,12-10-,13-11-,17-16-,20-19-. The fourth-order valence-electron chi connectivity index (χ4n) is 5.97. The van der Waals surface area contributed by atoms with Crippen molar-refractivity contribution in [2.75, 3.05) is 13.2 Å². The van der Waals surface area contributed by atoms with Crippen LogP contribution in [0.15, 0.2) is 60.8 Å². The topological polar surface area (TPSA) is 169 Å². The summed E-state index contributed by atoms with van der Waals surface area (Å²) < 4.78 is 21.7. The minimum atomic E-state index is -1.87. The van der Waals surface area contributed by atoms with E-state index < -0.39 is 61.3 Å². The predicted molar refractivity (Wildman–Crippen MR) is 220 cm³/mol.